The predicted octanol–water partition coefficient (Wildman–Crippen LogP) is 6.33. The number of anilines is 1. The first-order valence-corrected chi connectivity index (χ1v) is 9.67. The normalized spacial score (nSPS) is 11.0. The Hall–Kier alpha value is -2.14. The largest absolute Gasteiger partial charge is 0.298 e. The van der Waals surface area contributed by atoms with Gasteiger partial charge in [0.05, 0.1) is 5.69 Å². The molecule has 3 nitrogen and oxygen atoms in total. The molecule has 0 aliphatic rings. The molecule has 1 heterocycles. The molecule has 3 aromatic rings. The van der Waals surface area contributed by atoms with Crippen LogP contribution in [0.5, 0.6) is 0 Å². The first-order valence-electron chi connectivity index (χ1n) is 8.04. The van der Waals surface area contributed by atoms with Gasteiger partial charge in [0.25, 0.3) is 0 Å². The van der Waals surface area contributed by atoms with E-state index >= 15 is 0 Å². The van der Waals surface area contributed by atoms with Gasteiger partial charge in [0.2, 0.25) is 5.91 Å². The highest BCUT2D eigenvalue weighted by atomic mass is 35.5. The summed E-state index contributed by atoms with van der Waals surface area (Å²) in [6, 6.07) is 13.4. The summed E-state index contributed by atoms with van der Waals surface area (Å²) in [6.45, 7) is 2.12. The van der Waals surface area contributed by atoms with Gasteiger partial charge in [-0.2, -0.15) is 0 Å². The quantitative estimate of drug-likeness (QED) is 0.506. The second kappa shape index (κ2) is 8.49. The predicted molar refractivity (Wildman–Crippen MR) is 111 cm³/mol. The van der Waals surface area contributed by atoms with E-state index in [2.05, 4.69) is 29.4 Å². The summed E-state index contributed by atoms with van der Waals surface area (Å²) in [4.78, 5) is 16.6. The Morgan fingerprint density at radius 1 is 1.19 bits per heavy atom. The lowest BCUT2D eigenvalue weighted by Gasteiger charge is -2.00. The van der Waals surface area contributed by atoms with E-state index in [0.29, 0.717) is 15.2 Å². The van der Waals surface area contributed by atoms with Crippen molar-refractivity contribution in [2.24, 2.45) is 0 Å². The van der Waals surface area contributed by atoms with Crippen molar-refractivity contribution in [2.75, 3.05) is 5.32 Å². The number of carbonyl (C=O) groups is 1. The average Bonchev–Trinajstić information content (AvgIpc) is 3.09. The monoisotopic (exact) mass is 402 g/mol. The molecule has 0 atom stereocenters. The van der Waals surface area contributed by atoms with Crippen LogP contribution in [0, 0.1) is 0 Å². The van der Waals surface area contributed by atoms with E-state index in [1.54, 1.807) is 24.3 Å². The fourth-order valence-corrected chi connectivity index (χ4v) is 3.52. The zero-order valence-corrected chi connectivity index (χ0v) is 16.3. The van der Waals surface area contributed by atoms with Gasteiger partial charge < -0.3 is 0 Å². The molecule has 2 aromatic carbocycles. The summed E-state index contributed by atoms with van der Waals surface area (Å²) < 4.78 is 0. The maximum atomic E-state index is 12.1. The number of halogens is 2. The van der Waals surface area contributed by atoms with Crippen LogP contribution in [0.2, 0.25) is 10.0 Å². The van der Waals surface area contributed by atoms with Crippen LogP contribution in [-0.2, 0) is 11.2 Å². The molecule has 0 saturated carbocycles. The lowest BCUT2D eigenvalue weighted by molar-refractivity contribution is -0.111. The van der Waals surface area contributed by atoms with E-state index in [1.165, 1.54) is 23.0 Å². The van der Waals surface area contributed by atoms with Gasteiger partial charge in [-0.15, -0.1) is 11.3 Å². The summed E-state index contributed by atoms with van der Waals surface area (Å²) in [6.07, 6.45) is 4.07. The number of benzene rings is 2. The van der Waals surface area contributed by atoms with Crippen molar-refractivity contribution in [3.05, 3.63) is 75.1 Å². The first kappa shape index (κ1) is 18.6. The molecule has 3 rings (SSSR count). The molecule has 26 heavy (non-hydrogen) atoms. The van der Waals surface area contributed by atoms with Crippen molar-refractivity contribution in [3.63, 3.8) is 0 Å². The summed E-state index contributed by atoms with van der Waals surface area (Å²) in [5.41, 5.74) is 3.88. The number of amides is 1. The molecular formula is C20H16Cl2N2OS. The number of thiazole rings is 1. The highest BCUT2D eigenvalue weighted by molar-refractivity contribution is 7.14. The second-order valence-electron chi connectivity index (χ2n) is 5.58. The Morgan fingerprint density at radius 2 is 1.96 bits per heavy atom. The Balaban J connectivity index is 1.66. The summed E-state index contributed by atoms with van der Waals surface area (Å²) in [5.74, 6) is -0.266. The van der Waals surface area contributed by atoms with Gasteiger partial charge in [-0.05, 0) is 35.8 Å². The van der Waals surface area contributed by atoms with Crippen molar-refractivity contribution >= 4 is 51.7 Å². The molecule has 1 aromatic heterocycles. The highest BCUT2D eigenvalue weighted by Gasteiger charge is 2.07. The van der Waals surface area contributed by atoms with Crippen LogP contribution in [-0.4, -0.2) is 10.9 Å². The summed E-state index contributed by atoms with van der Waals surface area (Å²) >= 11 is 13.3. The van der Waals surface area contributed by atoms with Crippen LogP contribution in [0.15, 0.2) is 53.9 Å². The number of aromatic nitrogens is 1. The topological polar surface area (TPSA) is 42.0 Å². The van der Waals surface area contributed by atoms with Crippen LogP contribution in [0.3, 0.4) is 0 Å². The third-order valence-corrected chi connectivity index (χ3v) is 5.09. The van der Waals surface area contributed by atoms with Crippen molar-refractivity contribution < 1.29 is 4.79 Å². The summed E-state index contributed by atoms with van der Waals surface area (Å²) in [5, 5.41) is 6.30. The molecule has 0 saturated heterocycles. The lowest BCUT2D eigenvalue weighted by Crippen LogP contribution is -2.07. The minimum Gasteiger partial charge on any atom is -0.298 e. The Kier molecular flexibility index (Phi) is 6.09. The van der Waals surface area contributed by atoms with Crippen LogP contribution >= 0.6 is 34.5 Å². The van der Waals surface area contributed by atoms with Gasteiger partial charge in [0.15, 0.2) is 5.13 Å². The van der Waals surface area contributed by atoms with Gasteiger partial charge >= 0.3 is 0 Å². The van der Waals surface area contributed by atoms with Crippen molar-refractivity contribution in [3.8, 4) is 11.3 Å². The third-order valence-electron chi connectivity index (χ3n) is 3.77. The molecule has 0 radical (unpaired) electrons. The number of nitrogens with zero attached hydrogens (tertiary/aromatic N) is 1. The van der Waals surface area contributed by atoms with Gasteiger partial charge in [0, 0.05) is 27.1 Å². The molecule has 0 bridgehead atoms. The molecule has 0 unspecified atom stereocenters. The van der Waals surface area contributed by atoms with Crippen molar-refractivity contribution in [1.82, 2.24) is 4.98 Å². The van der Waals surface area contributed by atoms with Gasteiger partial charge in [-0.1, -0.05) is 60.5 Å². The number of aryl methyl sites for hydroxylation is 1. The molecule has 6 heteroatoms. The molecule has 1 amide bonds. The van der Waals surface area contributed by atoms with Crippen LogP contribution < -0.4 is 5.32 Å². The number of carbonyl (C=O) groups excluding carboxylic acids is 1. The molecule has 0 aliphatic heterocycles. The minimum absolute atomic E-state index is 0.266. The van der Waals surface area contributed by atoms with Gasteiger partial charge in [0.1, 0.15) is 0 Å². The SMILES string of the molecule is CCc1ccc(-c2csc(NC(=O)C=Cc3ccc(Cl)cc3Cl)n2)cc1. The van der Waals surface area contributed by atoms with E-state index in [1.807, 2.05) is 17.5 Å². The molecule has 132 valence electrons. The zero-order chi connectivity index (χ0) is 18.5. The number of rotatable bonds is 5. The van der Waals surface area contributed by atoms with E-state index in [9.17, 15) is 4.79 Å². The minimum atomic E-state index is -0.266. The van der Waals surface area contributed by atoms with Crippen LogP contribution in [0.1, 0.15) is 18.1 Å². The molecule has 0 fully saturated rings. The van der Waals surface area contributed by atoms with E-state index in [0.717, 1.165) is 23.2 Å². The van der Waals surface area contributed by atoms with Crippen LogP contribution in [0.25, 0.3) is 17.3 Å². The molecule has 1 N–H and O–H groups in total. The van der Waals surface area contributed by atoms with E-state index in [-0.39, 0.29) is 5.91 Å². The fourth-order valence-electron chi connectivity index (χ4n) is 2.32. The maximum Gasteiger partial charge on any atom is 0.250 e. The smallest absolute Gasteiger partial charge is 0.250 e. The molecular weight excluding hydrogens is 387 g/mol. The fraction of sp³-hybridized carbons (Fsp3) is 0.100. The maximum absolute atomic E-state index is 12.1. The Bertz CT molecular complexity index is 949. The Labute approximate surface area is 166 Å². The molecule has 0 spiro atoms. The summed E-state index contributed by atoms with van der Waals surface area (Å²) in [7, 11) is 0. The zero-order valence-electron chi connectivity index (χ0n) is 14.0. The lowest BCUT2D eigenvalue weighted by atomic mass is 10.1. The van der Waals surface area contributed by atoms with Gasteiger partial charge in [-0.3, -0.25) is 10.1 Å². The number of hydrogen-bond donors (Lipinski definition) is 1. The van der Waals surface area contributed by atoms with E-state index in [4.69, 9.17) is 23.2 Å². The van der Waals surface area contributed by atoms with Crippen LogP contribution in [0.4, 0.5) is 5.13 Å². The van der Waals surface area contributed by atoms with Crippen molar-refractivity contribution in [2.45, 2.75) is 13.3 Å². The first-order chi connectivity index (χ1) is 12.5. The standard InChI is InChI=1S/C20H16Cl2N2OS/c1-2-13-3-5-15(6-4-13)18-12-26-20(23-18)24-19(25)10-8-14-7-9-16(21)11-17(14)22/h3-12H,2H2,1H3,(H,23,24,25). The highest BCUT2D eigenvalue weighted by Crippen LogP contribution is 2.26. The van der Waals surface area contributed by atoms with E-state index < -0.39 is 0 Å². The number of nitrogens with one attached hydrogen (secondary N) is 1. The number of hydrogen-bond acceptors (Lipinski definition) is 3. The van der Waals surface area contributed by atoms with Crippen molar-refractivity contribution in [1.29, 1.82) is 0 Å². The second-order valence-corrected chi connectivity index (χ2v) is 7.28. The third kappa shape index (κ3) is 4.73. The average molecular weight is 403 g/mol. The Morgan fingerprint density at radius 3 is 2.65 bits per heavy atom. The molecule has 0 aliphatic carbocycles. The van der Waals surface area contributed by atoms with Gasteiger partial charge in [-0.25, -0.2) is 4.98 Å².